The van der Waals surface area contributed by atoms with E-state index >= 15 is 0 Å². The summed E-state index contributed by atoms with van der Waals surface area (Å²) in [7, 11) is 3.41. The molecule has 0 unspecified atom stereocenters. The third-order valence-corrected chi connectivity index (χ3v) is 9.37. The maximum atomic E-state index is 12.5. The first-order valence-electron chi connectivity index (χ1n) is 15.4. The number of rotatable bonds is 10. The summed E-state index contributed by atoms with van der Waals surface area (Å²) in [5.41, 5.74) is 4.53. The first-order valence-corrected chi connectivity index (χ1v) is 16.7. The summed E-state index contributed by atoms with van der Waals surface area (Å²) < 4.78 is 5.95. The number of urea groups is 1. The Morgan fingerprint density at radius 1 is 0.933 bits per heavy atom. The first kappa shape index (κ1) is 34.7. The maximum Gasteiger partial charge on any atom is 0.319 e. The lowest BCUT2D eigenvalue weighted by Gasteiger charge is -2.40. The van der Waals surface area contributed by atoms with Gasteiger partial charge in [-0.05, 0) is 60.3 Å². The Balaban J connectivity index is 1.21. The highest BCUT2D eigenvalue weighted by Crippen LogP contribution is 2.36. The summed E-state index contributed by atoms with van der Waals surface area (Å²) in [5.74, 6) is -0.297. The fourth-order valence-corrected chi connectivity index (χ4v) is 6.35. The average molecular weight is 643 g/mol. The molecule has 12 heteroatoms. The number of amides is 4. The van der Waals surface area contributed by atoms with E-state index in [2.05, 4.69) is 29.6 Å². The molecule has 246 valence electrons. The summed E-state index contributed by atoms with van der Waals surface area (Å²) in [6, 6.07) is 14.1. The smallest absolute Gasteiger partial charge is 0.319 e. The van der Waals surface area contributed by atoms with Crippen LogP contribution in [0.5, 0.6) is 0 Å². The molecule has 0 bridgehead atoms. The summed E-state index contributed by atoms with van der Waals surface area (Å²) in [4.78, 5) is 41.9. The van der Waals surface area contributed by atoms with Gasteiger partial charge in [0.15, 0.2) is 0 Å². The predicted molar refractivity (Wildman–Crippen MR) is 173 cm³/mol. The monoisotopic (exact) mass is 642 g/mol. The van der Waals surface area contributed by atoms with Crippen molar-refractivity contribution in [3.05, 3.63) is 70.3 Å². The molecule has 5 atom stereocenters. The number of piperazine rings is 1. The van der Waals surface area contributed by atoms with Crippen LogP contribution in [0.3, 0.4) is 0 Å². The van der Waals surface area contributed by atoms with Gasteiger partial charge in [-0.2, -0.15) is 0 Å². The van der Waals surface area contributed by atoms with Gasteiger partial charge in [-0.1, -0.05) is 42.5 Å². The van der Waals surface area contributed by atoms with Gasteiger partial charge in [-0.3, -0.25) is 9.59 Å². The van der Waals surface area contributed by atoms with Crippen molar-refractivity contribution in [1.82, 2.24) is 20.0 Å². The van der Waals surface area contributed by atoms with Gasteiger partial charge in [0.1, 0.15) is 29.9 Å². The molecule has 2 saturated heterocycles. The van der Waals surface area contributed by atoms with Crippen LogP contribution < -0.4 is 5.32 Å². The van der Waals surface area contributed by atoms with Crippen molar-refractivity contribution in [2.24, 2.45) is 0 Å². The first-order chi connectivity index (χ1) is 21.5. The minimum Gasteiger partial charge on any atom is -0.387 e. The molecular formula is C33H46N4O7S. The Kier molecular flexibility index (Phi) is 12.3. The van der Waals surface area contributed by atoms with Crippen molar-refractivity contribution < 1.29 is 34.4 Å². The number of nitrogens with one attached hydrogen (secondary N) is 1. The van der Waals surface area contributed by atoms with Crippen LogP contribution in [0.15, 0.2) is 42.5 Å². The zero-order valence-electron chi connectivity index (χ0n) is 26.5. The van der Waals surface area contributed by atoms with E-state index < -0.39 is 29.9 Å². The summed E-state index contributed by atoms with van der Waals surface area (Å²) >= 11 is 1.29. The Morgan fingerprint density at radius 3 is 2.22 bits per heavy atom. The molecule has 0 spiro atoms. The van der Waals surface area contributed by atoms with Crippen LogP contribution in [-0.2, 0) is 27.2 Å². The second kappa shape index (κ2) is 15.9. The molecule has 0 radical (unpaired) electrons. The summed E-state index contributed by atoms with van der Waals surface area (Å²) in [6.07, 6.45) is -0.237. The van der Waals surface area contributed by atoms with Crippen LogP contribution in [-0.4, -0.2) is 125 Å². The fourth-order valence-electron chi connectivity index (χ4n) is 5.68. The molecule has 4 rings (SSSR count). The van der Waals surface area contributed by atoms with Gasteiger partial charge in [0.25, 0.3) is 0 Å². The highest BCUT2D eigenvalue weighted by Gasteiger charge is 2.44. The number of thioether (sulfide) groups is 1. The molecule has 0 aromatic heterocycles. The van der Waals surface area contributed by atoms with Gasteiger partial charge >= 0.3 is 6.03 Å². The SMILES string of the molecule is CS[C@H]1O[C@@H](c2ccc(C)c(Cc3ccc(CCCC(=O)NCC(=O)N4CCN(C(=O)N(C)C)CC4)cc3)c2)[C@H](O)[C@@H](O)[C@@H]1O. The number of ether oxygens (including phenoxy) is 1. The van der Waals surface area contributed by atoms with E-state index in [-0.39, 0.29) is 24.4 Å². The van der Waals surface area contributed by atoms with Gasteiger partial charge in [-0.15, -0.1) is 11.8 Å². The zero-order valence-corrected chi connectivity index (χ0v) is 27.3. The van der Waals surface area contributed by atoms with Gasteiger partial charge in [0.2, 0.25) is 11.8 Å². The van der Waals surface area contributed by atoms with E-state index in [0.29, 0.717) is 45.4 Å². The number of carbonyl (C=O) groups is 3. The Labute approximate surface area is 269 Å². The normalized spacial score (nSPS) is 23.5. The highest BCUT2D eigenvalue weighted by molar-refractivity contribution is 7.99. The van der Waals surface area contributed by atoms with Crippen molar-refractivity contribution in [2.75, 3.05) is 53.1 Å². The lowest BCUT2D eigenvalue weighted by Crippen LogP contribution is -2.54. The lowest BCUT2D eigenvalue weighted by molar-refractivity contribution is -0.200. The van der Waals surface area contributed by atoms with Crippen LogP contribution in [0.2, 0.25) is 0 Å². The van der Waals surface area contributed by atoms with E-state index in [9.17, 15) is 29.7 Å². The number of hydrogen-bond acceptors (Lipinski definition) is 8. The van der Waals surface area contributed by atoms with Crippen molar-refractivity contribution in [3.8, 4) is 0 Å². The quantitative estimate of drug-likeness (QED) is 0.307. The maximum absolute atomic E-state index is 12.5. The number of benzene rings is 2. The van der Waals surface area contributed by atoms with Gasteiger partial charge in [0.05, 0.1) is 6.54 Å². The van der Waals surface area contributed by atoms with Crippen molar-refractivity contribution in [1.29, 1.82) is 0 Å². The molecular weight excluding hydrogens is 596 g/mol. The van der Waals surface area contributed by atoms with Crippen LogP contribution in [0.25, 0.3) is 0 Å². The third kappa shape index (κ3) is 8.98. The molecule has 4 N–H and O–H groups in total. The molecule has 45 heavy (non-hydrogen) atoms. The number of aliphatic hydroxyl groups excluding tert-OH is 3. The molecule has 2 aromatic rings. The second-order valence-electron chi connectivity index (χ2n) is 12.0. The Hall–Kier alpha value is -3.16. The topological polar surface area (TPSA) is 143 Å². The van der Waals surface area contributed by atoms with E-state index in [1.54, 1.807) is 30.2 Å². The largest absolute Gasteiger partial charge is 0.387 e. The Morgan fingerprint density at radius 2 is 1.58 bits per heavy atom. The number of nitrogens with zero attached hydrogens (tertiary/aromatic N) is 3. The lowest BCUT2D eigenvalue weighted by atomic mass is 9.91. The highest BCUT2D eigenvalue weighted by atomic mass is 32.2. The van der Waals surface area contributed by atoms with Crippen molar-refractivity contribution in [2.45, 2.75) is 62.5 Å². The van der Waals surface area contributed by atoms with E-state index in [4.69, 9.17) is 4.74 Å². The molecule has 2 heterocycles. The van der Waals surface area contributed by atoms with E-state index in [1.165, 1.54) is 16.7 Å². The number of hydrogen-bond donors (Lipinski definition) is 4. The summed E-state index contributed by atoms with van der Waals surface area (Å²) in [5, 5.41) is 33.9. The van der Waals surface area contributed by atoms with Gasteiger partial charge in [-0.25, -0.2) is 4.79 Å². The minimum atomic E-state index is -1.29. The van der Waals surface area contributed by atoms with Crippen LogP contribution in [0, 0.1) is 6.92 Å². The van der Waals surface area contributed by atoms with Gasteiger partial charge < -0.3 is 40.1 Å². The van der Waals surface area contributed by atoms with E-state index in [0.717, 1.165) is 34.2 Å². The summed E-state index contributed by atoms with van der Waals surface area (Å²) in [6.45, 7) is 3.87. The van der Waals surface area contributed by atoms with Crippen LogP contribution in [0.1, 0.15) is 46.8 Å². The number of aryl methyl sites for hydroxylation is 2. The van der Waals surface area contributed by atoms with Crippen molar-refractivity contribution >= 4 is 29.6 Å². The van der Waals surface area contributed by atoms with Gasteiger partial charge in [0, 0.05) is 46.7 Å². The Bertz CT molecular complexity index is 1310. The number of aliphatic hydroxyl groups is 3. The van der Waals surface area contributed by atoms with Crippen LogP contribution >= 0.6 is 11.8 Å². The van der Waals surface area contributed by atoms with Crippen molar-refractivity contribution in [3.63, 3.8) is 0 Å². The molecule has 2 aliphatic rings. The third-order valence-electron chi connectivity index (χ3n) is 8.51. The molecule has 0 saturated carbocycles. The minimum absolute atomic E-state index is 0.0394. The molecule has 11 nitrogen and oxygen atoms in total. The molecule has 2 fully saturated rings. The second-order valence-corrected chi connectivity index (χ2v) is 12.9. The number of carbonyl (C=O) groups excluding carboxylic acids is 3. The van der Waals surface area contributed by atoms with Crippen LogP contribution in [0.4, 0.5) is 4.79 Å². The molecule has 2 aromatic carbocycles. The predicted octanol–water partition coefficient (Wildman–Crippen LogP) is 1.69. The molecule has 0 aliphatic carbocycles. The average Bonchev–Trinajstić information content (AvgIpc) is 3.04. The molecule has 4 amide bonds. The van der Waals surface area contributed by atoms with E-state index in [1.807, 2.05) is 25.1 Å². The molecule has 2 aliphatic heterocycles. The zero-order chi connectivity index (χ0) is 32.7. The fraction of sp³-hybridized carbons (Fsp3) is 0.545. The standard InChI is InChI=1S/C33H46N4O7S/c1-21-8-13-24(31-29(41)28(40)30(42)32(44-31)45-4)19-25(21)18-23-11-9-22(10-12-23)6-5-7-26(38)34-20-27(39)36-14-16-37(17-15-36)33(43)35(2)3/h8-13,19,28-32,40-42H,5-7,14-18,20H2,1-4H3,(H,34,38)/t28-,29-,30+,31+,32-/m1/s1.